The van der Waals surface area contributed by atoms with Gasteiger partial charge in [-0.3, -0.25) is 9.80 Å². The number of nitrogens with zero attached hydrogens (tertiary/aromatic N) is 2. The molecule has 4 heterocycles. The average molecular weight is 375 g/mol. The number of likely N-dealkylation sites (tertiary alicyclic amines) is 2. The maximum Gasteiger partial charge on any atom is 0.118 e. The number of thiophene rings is 1. The SMILES string of the molecule is COC[C@H]1CN(Cc2ccsc2)CC12CCN(Cc1ccc(C)o1)CC2. The molecule has 4 rings (SSSR count). The predicted molar refractivity (Wildman–Crippen MR) is 105 cm³/mol. The first kappa shape index (κ1) is 18.2. The fourth-order valence-electron chi connectivity index (χ4n) is 4.85. The van der Waals surface area contributed by atoms with Crippen LogP contribution in [0.4, 0.5) is 0 Å². The van der Waals surface area contributed by atoms with E-state index in [0.717, 1.165) is 44.3 Å². The Morgan fingerprint density at radius 1 is 1.19 bits per heavy atom. The summed E-state index contributed by atoms with van der Waals surface area (Å²) >= 11 is 1.80. The Labute approximate surface area is 160 Å². The van der Waals surface area contributed by atoms with E-state index in [4.69, 9.17) is 9.15 Å². The molecule has 2 fully saturated rings. The van der Waals surface area contributed by atoms with Crippen molar-refractivity contribution >= 4 is 11.3 Å². The Morgan fingerprint density at radius 2 is 2.04 bits per heavy atom. The molecule has 0 amide bonds. The van der Waals surface area contributed by atoms with Crippen LogP contribution >= 0.6 is 11.3 Å². The third-order valence-electron chi connectivity index (χ3n) is 6.26. The quantitative estimate of drug-likeness (QED) is 0.764. The number of piperidine rings is 1. The van der Waals surface area contributed by atoms with E-state index >= 15 is 0 Å². The molecule has 0 bridgehead atoms. The van der Waals surface area contributed by atoms with Gasteiger partial charge in [0, 0.05) is 32.7 Å². The summed E-state index contributed by atoms with van der Waals surface area (Å²) in [6, 6.07) is 6.44. The van der Waals surface area contributed by atoms with Crippen LogP contribution in [0.25, 0.3) is 0 Å². The number of ether oxygens (including phenoxy) is 1. The Bertz CT molecular complexity index is 689. The highest BCUT2D eigenvalue weighted by molar-refractivity contribution is 7.07. The lowest BCUT2D eigenvalue weighted by Gasteiger charge is -2.42. The van der Waals surface area contributed by atoms with Crippen LogP contribution in [0.3, 0.4) is 0 Å². The molecule has 4 nitrogen and oxygen atoms in total. The third-order valence-corrected chi connectivity index (χ3v) is 7.00. The van der Waals surface area contributed by atoms with E-state index in [0.29, 0.717) is 11.3 Å². The molecule has 2 aromatic heterocycles. The van der Waals surface area contributed by atoms with Gasteiger partial charge in [-0.25, -0.2) is 0 Å². The molecule has 2 aliphatic heterocycles. The van der Waals surface area contributed by atoms with Crippen molar-refractivity contribution in [1.29, 1.82) is 0 Å². The summed E-state index contributed by atoms with van der Waals surface area (Å²) in [5, 5.41) is 4.47. The molecule has 1 atom stereocenters. The number of hydrogen-bond acceptors (Lipinski definition) is 5. The molecule has 5 heteroatoms. The third kappa shape index (κ3) is 3.91. The highest BCUT2D eigenvalue weighted by Crippen LogP contribution is 2.45. The summed E-state index contributed by atoms with van der Waals surface area (Å²) in [4.78, 5) is 5.20. The van der Waals surface area contributed by atoms with E-state index in [2.05, 4.69) is 38.8 Å². The van der Waals surface area contributed by atoms with Crippen molar-refractivity contribution in [2.75, 3.05) is 39.9 Å². The minimum Gasteiger partial charge on any atom is -0.465 e. The minimum atomic E-state index is 0.418. The number of rotatable bonds is 6. The van der Waals surface area contributed by atoms with Crippen LogP contribution in [0.15, 0.2) is 33.4 Å². The van der Waals surface area contributed by atoms with Crippen LogP contribution in [-0.2, 0) is 17.8 Å². The maximum atomic E-state index is 5.77. The van der Waals surface area contributed by atoms with E-state index in [-0.39, 0.29) is 0 Å². The molecule has 142 valence electrons. The van der Waals surface area contributed by atoms with E-state index in [1.54, 1.807) is 11.3 Å². The Hall–Kier alpha value is -1.14. The maximum absolute atomic E-state index is 5.77. The first-order chi connectivity index (χ1) is 12.7. The zero-order valence-corrected chi connectivity index (χ0v) is 16.8. The Kier molecular flexibility index (Phi) is 5.50. The molecule has 0 aliphatic carbocycles. The van der Waals surface area contributed by atoms with E-state index in [1.165, 1.54) is 31.5 Å². The summed E-state index contributed by atoms with van der Waals surface area (Å²) in [6.45, 7) is 9.63. The summed E-state index contributed by atoms with van der Waals surface area (Å²) in [5.41, 5.74) is 1.87. The lowest BCUT2D eigenvalue weighted by molar-refractivity contribution is 0.0331. The van der Waals surface area contributed by atoms with Crippen LogP contribution in [0.1, 0.15) is 29.9 Å². The molecule has 0 radical (unpaired) electrons. The van der Waals surface area contributed by atoms with Crippen molar-refractivity contribution in [3.8, 4) is 0 Å². The molecule has 2 aromatic rings. The Morgan fingerprint density at radius 3 is 2.69 bits per heavy atom. The number of furan rings is 1. The minimum absolute atomic E-state index is 0.418. The van der Waals surface area contributed by atoms with E-state index in [9.17, 15) is 0 Å². The fraction of sp³-hybridized carbons (Fsp3) is 0.619. The van der Waals surface area contributed by atoms with Gasteiger partial charge in [-0.05, 0) is 72.8 Å². The fourth-order valence-corrected chi connectivity index (χ4v) is 5.51. The monoisotopic (exact) mass is 374 g/mol. The lowest BCUT2D eigenvalue weighted by atomic mass is 9.71. The van der Waals surface area contributed by atoms with Crippen molar-refractivity contribution in [3.63, 3.8) is 0 Å². The second kappa shape index (κ2) is 7.85. The summed E-state index contributed by atoms with van der Waals surface area (Å²) in [5.74, 6) is 2.75. The highest BCUT2D eigenvalue weighted by Gasteiger charge is 2.47. The van der Waals surface area contributed by atoms with Gasteiger partial charge in [0.05, 0.1) is 13.2 Å². The van der Waals surface area contributed by atoms with Gasteiger partial charge in [-0.1, -0.05) is 0 Å². The molecule has 0 N–H and O–H groups in total. The second-order valence-electron chi connectivity index (χ2n) is 8.10. The molecule has 1 spiro atoms. The standard InChI is InChI=1S/C21H30N2O2S/c1-17-3-4-20(25-17)13-22-8-6-21(7-9-22)16-23(12-19(21)14-24-2)11-18-5-10-26-15-18/h3-5,10,15,19H,6-9,11-14,16H2,1-2H3/t19-/m1/s1. The zero-order valence-electron chi connectivity index (χ0n) is 15.9. The number of hydrogen-bond donors (Lipinski definition) is 0. The van der Waals surface area contributed by atoms with Crippen LogP contribution in [0.5, 0.6) is 0 Å². The average Bonchev–Trinajstić information content (AvgIpc) is 3.34. The molecule has 0 unspecified atom stereocenters. The molecular formula is C21H30N2O2S. The molecule has 0 saturated carbocycles. The predicted octanol–water partition coefficient (Wildman–Crippen LogP) is 4.01. The van der Waals surface area contributed by atoms with Gasteiger partial charge in [0.1, 0.15) is 11.5 Å². The first-order valence-electron chi connectivity index (χ1n) is 9.67. The number of aryl methyl sites for hydroxylation is 1. The van der Waals surface area contributed by atoms with Crippen molar-refractivity contribution in [1.82, 2.24) is 9.80 Å². The summed E-state index contributed by atoms with van der Waals surface area (Å²) in [6.07, 6.45) is 2.53. The Balaban J connectivity index is 1.38. The van der Waals surface area contributed by atoms with Crippen molar-refractivity contribution in [2.24, 2.45) is 11.3 Å². The van der Waals surface area contributed by atoms with Crippen LogP contribution < -0.4 is 0 Å². The second-order valence-corrected chi connectivity index (χ2v) is 8.88. The largest absolute Gasteiger partial charge is 0.465 e. The van der Waals surface area contributed by atoms with Gasteiger partial charge in [-0.15, -0.1) is 0 Å². The van der Waals surface area contributed by atoms with E-state index < -0.39 is 0 Å². The summed E-state index contributed by atoms with van der Waals surface area (Å²) < 4.78 is 11.4. The van der Waals surface area contributed by atoms with Gasteiger partial charge in [-0.2, -0.15) is 11.3 Å². The lowest BCUT2D eigenvalue weighted by Crippen LogP contribution is -2.44. The smallest absolute Gasteiger partial charge is 0.118 e. The highest BCUT2D eigenvalue weighted by atomic mass is 32.1. The molecule has 26 heavy (non-hydrogen) atoms. The zero-order chi connectivity index (χ0) is 18.0. The van der Waals surface area contributed by atoms with Gasteiger partial charge in [0.2, 0.25) is 0 Å². The van der Waals surface area contributed by atoms with Gasteiger partial charge in [0.15, 0.2) is 0 Å². The molecule has 2 aliphatic rings. The summed E-state index contributed by atoms with van der Waals surface area (Å²) in [7, 11) is 1.85. The molecule has 2 saturated heterocycles. The molecular weight excluding hydrogens is 344 g/mol. The van der Waals surface area contributed by atoms with Gasteiger partial charge < -0.3 is 9.15 Å². The van der Waals surface area contributed by atoms with Crippen LogP contribution in [0.2, 0.25) is 0 Å². The van der Waals surface area contributed by atoms with Crippen molar-refractivity contribution in [2.45, 2.75) is 32.9 Å². The normalized spacial score (nSPS) is 23.8. The van der Waals surface area contributed by atoms with Gasteiger partial charge in [0.25, 0.3) is 0 Å². The van der Waals surface area contributed by atoms with E-state index in [1.807, 2.05) is 14.0 Å². The van der Waals surface area contributed by atoms with Crippen molar-refractivity contribution < 1.29 is 9.15 Å². The van der Waals surface area contributed by atoms with Gasteiger partial charge >= 0.3 is 0 Å². The molecule has 0 aromatic carbocycles. The van der Waals surface area contributed by atoms with Crippen LogP contribution in [0, 0.1) is 18.3 Å². The topological polar surface area (TPSA) is 28.9 Å². The first-order valence-corrected chi connectivity index (χ1v) is 10.6. The van der Waals surface area contributed by atoms with Crippen LogP contribution in [-0.4, -0.2) is 49.7 Å². The van der Waals surface area contributed by atoms with Crippen molar-refractivity contribution in [3.05, 3.63) is 46.0 Å². The number of methoxy groups -OCH3 is 1.